The Morgan fingerprint density at radius 2 is 2.11 bits per heavy atom. The number of halogens is 1. The number of fused-ring (bicyclic) bond motifs is 1. The molecule has 0 aromatic carbocycles. The highest BCUT2D eigenvalue weighted by molar-refractivity contribution is 5.79. The number of hydrogen-bond acceptors (Lipinski definition) is 8. The number of H-pyrrole nitrogens is 1. The third-order valence-corrected chi connectivity index (χ3v) is 6.01. The maximum atomic E-state index is 14.1. The molecule has 1 unspecified atom stereocenters. The Morgan fingerprint density at radius 3 is 2.83 bits per heavy atom. The molecule has 0 saturated carbocycles. The van der Waals surface area contributed by atoms with E-state index in [4.69, 9.17) is 4.74 Å². The van der Waals surface area contributed by atoms with Crippen LogP contribution in [0.25, 0.3) is 11.4 Å². The number of nitrogens with zero attached hydrogens (tertiary/aromatic N) is 4. The summed E-state index contributed by atoms with van der Waals surface area (Å²) in [7, 11) is 1.44. The van der Waals surface area contributed by atoms with Gasteiger partial charge in [0.1, 0.15) is 17.5 Å². The minimum absolute atomic E-state index is 0.0281. The van der Waals surface area contributed by atoms with Crippen molar-refractivity contribution in [3.63, 3.8) is 0 Å². The molecule has 0 fully saturated rings. The van der Waals surface area contributed by atoms with Crippen LogP contribution in [0.2, 0.25) is 0 Å². The number of aromatic nitrogens is 4. The number of methoxy groups -OCH3 is 1. The van der Waals surface area contributed by atoms with Gasteiger partial charge in [0.05, 0.1) is 31.5 Å². The number of aryl methyl sites for hydroxylation is 2. The van der Waals surface area contributed by atoms with Gasteiger partial charge in [-0.15, -0.1) is 0 Å². The van der Waals surface area contributed by atoms with E-state index < -0.39 is 11.4 Å². The summed E-state index contributed by atoms with van der Waals surface area (Å²) in [6.45, 7) is 4.61. The van der Waals surface area contributed by atoms with E-state index in [0.717, 1.165) is 24.2 Å². The molecule has 3 aromatic heterocycles. The average Bonchev–Trinajstić information content (AvgIpc) is 2.82. The zero-order valence-electron chi connectivity index (χ0n) is 19.8. The Balaban J connectivity index is 1.47. The van der Waals surface area contributed by atoms with Crippen molar-refractivity contribution in [2.24, 2.45) is 0 Å². The summed E-state index contributed by atoms with van der Waals surface area (Å²) in [6.07, 6.45) is 2.43. The Morgan fingerprint density at radius 1 is 1.31 bits per heavy atom. The lowest BCUT2D eigenvalue weighted by molar-refractivity contribution is -0.130. The van der Waals surface area contributed by atoms with Crippen LogP contribution in [-0.4, -0.2) is 62.1 Å². The molecule has 0 bridgehead atoms. The van der Waals surface area contributed by atoms with Crippen molar-refractivity contribution in [1.82, 2.24) is 24.8 Å². The van der Waals surface area contributed by atoms with E-state index in [-0.39, 0.29) is 41.5 Å². The Hall–Kier alpha value is -4.02. The number of amides is 1. The lowest BCUT2D eigenvalue weighted by Gasteiger charge is -2.31. The second-order valence-electron chi connectivity index (χ2n) is 8.39. The number of aromatic amines is 1. The lowest BCUT2D eigenvalue weighted by Crippen LogP contribution is -2.43. The average molecular weight is 483 g/mol. The first-order chi connectivity index (χ1) is 16.8. The van der Waals surface area contributed by atoms with Gasteiger partial charge < -0.3 is 25.0 Å². The van der Waals surface area contributed by atoms with Crippen LogP contribution in [0.15, 0.2) is 29.2 Å². The number of likely N-dealkylation sites (N-methyl/N-ethyl adjacent to an activating group) is 1. The van der Waals surface area contributed by atoms with Crippen LogP contribution in [0.4, 0.5) is 10.2 Å². The van der Waals surface area contributed by atoms with Crippen molar-refractivity contribution >= 4 is 11.7 Å². The smallest absolute Gasteiger partial charge is 0.254 e. The van der Waals surface area contributed by atoms with Gasteiger partial charge in [-0.1, -0.05) is 0 Å². The highest BCUT2D eigenvalue weighted by Crippen LogP contribution is 2.29. The molecular formula is C24H27FN6O4. The van der Waals surface area contributed by atoms with Gasteiger partial charge in [0.25, 0.3) is 5.56 Å². The normalized spacial score (nSPS) is 14.7. The summed E-state index contributed by atoms with van der Waals surface area (Å²) in [5.41, 5.74) is 2.02. The van der Waals surface area contributed by atoms with Gasteiger partial charge in [-0.2, -0.15) is 4.98 Å². The molecule has 4 rings (SSSR count). The zero-order chi connectivity index (χ0) is 25.1. The molecule has 1 amide bonds. The number of ether oxygens (including phenoxy) is 1. The standard InChI is InChI=1S/C24H27FN6O4/c1-4-31(22(34)9-15-8-21(35-3)26-11-18(15)25)12-16-6-5-14-7-17(13(2)27-23(14)28-16)24-29-19(32)10-20(33)30-24/h7-8,10-11,16H,4-6,9,12H2,1-3H3,(H,27,28)(H2,29,30,32,33). The summed E-state index contributed by atoms with van der Waals surface area (Å²) in [4.78, 5) is 41.4. The Kier molecular flexibility index (Phi) is 6.94. The van der Waals surface area contributed by atoms with Crippen LogP contribution < -0.4 is 15.6 Å². The second-order valence-corrected chi connectivity index (χ2v) is 8.39. The van der Waals surface area contributed by atoms with Gasteiger partial charge in [0, 0.05) is 36.3 Å². The van der Waals surface area contributed by atoms with E-state index in [0.29, 0.717) is 36.6 Å². The molecule has 0 aliphatic carbocycles. The SMILES string of the molecule is CCN(CC1CCc2cc(-c3nc(O)cc(=O)[nH]3)c(C)nc2N1)C(=O)Cc1cc(OC)ncc1F. The topological polar surface area (TPSA) is 133 Å². The molecule has 184 valence electrons. The summed E-state index contributed by atoms with van der Waals surface area (Å²) < 4.78 is 19.2. The fourth-order valence-corrected chi connectivity index (χ4v) is 4.16. The fraction of sp³-hybridized carbons (Fsp3) is 0.375. The fourth-order valence-electron chi connectivity index (χ4n) is 4.16. The first kappa shape index (κ1) is 24.1. The molecule has 0 spiro atoms. The highest BCUT2D eigenvalue weighted by Gasteiger charge is 2.25. The summed E-state index contributed by atoms with van der Waals surface area (Å²) >= 11 is 0. The molecule has 0 radical (unpaired) electrons. The predicted octanol–water partition coefficient (Wildman–Crippen LogP) is 2.21. The van der Waals surface area contributed by atoms with E-state index in [1.807, 2.05) is 13.0 Å². The number of carbonyl (C=O) groups is 1. The minimum atomic E-state index is -0.544. The van der Waals surface area contributed by atoms with Gasteiger partial charge >= 0.3 is 0 Å². The Labute approximate surface area is 201 Å². The lowest BCUT2D eigenvalue weighted by atomic mass is 9.98. The number of carbonyl (C=O) groups excluding carboxylic acids is 1. The molecule has 3 N–H and O–H groups in total. The van der Waals surface area contributed by atoms with Crippen LogP contribution in [0.5, 0.6) is 11.8 Å². The quantitative estimate of drug-likeness (QED) is 0.467. The van der Waals surface area contributed by atoms with E-state index in [1.165, 1.54) is 13.2 Å². The number of rotatable bonds is 7. The van der Waals surface area contributed by atoms with E-state index in [9.17, 15) is 19.1 Å². The number of anilines is 1. The van der Waals surface area contributed by atoms with Gasteiger partial charge in [0.2, 0.25) is 17.7 Å². The third-order valence-electron chi connectivity index (χ3n) is 6.01. The van der Waals surface area contributed by atoms with Gasteiger partial charge in [-0.05, 0) is 38.3 Å². The maximum Gasteiger partial charge on any atom is 0.254 e. The van der Waals surface area contributed by atoms with Crippen molar-refractivity contribution in [1.29, 1.82) is 0 Å². The molecule has 3 aromatic rings. The largest absolute Gasteiger partial charge is 0.493 e. The van der Waals surface area contributed by atoms with E-state index >= 15 is 0 Å². The van der Waals surface area contributed by atoms with Crippen LogP contribution in [0.1, 0.15) is 30.2 Å². The molecule has 4 heterocycles. The first-order valence-electron chi connectivity index (χ1n) is 11.3. The second kappa shape index (κ2) is 10.1. The monoisotopic (exact) mass is 482 g/mol. The van der Waals surface area contributed by atoms with Crippen molar-refractivity contribution in [3.05, 3.63) is 57.4 Å². The number of pyridine rings is 2. The molecule has 35 heavy (non-hydrogen) atoms. The van der Waals surface area contributed by atoms with E-state index in [2.05, 4.69) is 25.3 Å². The van der Waals surface area contributed by atoms with Gasteiger partial charge in [-0.25, -0.2) is 14.4 Å². The van der Waals surface area contributed by atoms with Crippen LogP contribution in [-0.2, 0) is 17.6 Å². The summed E-state index contributed by atoms with van der Waals surface area (Å²) in [6, 6.07) is 4.33. The zero-order valence-corrected chi connectivity index (χ0v) is 19.8. The molecule has 0 saturated heterocycles. The molecule has 1 aliphatic rings. The predicted molar refractivity (Wildman–Crippen MR) is 127 cm³/mol. The third kappa shape index (κ3) is 5.39. The minimum Gasteiger partial charge on any atom is -0.493 e. The first-order valence-corrected chi connectivity index (χ1v) is 11.3. The Bertz CT molecular complexity index is 1310. The van der Waals surface area contributed by atoms with Gasteiger partial charge in [0.15, 0.2) is 0 Å². The van der Waals surface area contributed by atoms with Crippen molar-refractivity contribution in [3.8, 4) is 23.1 Å². The van der Waals surface area contributed by atoms with E-state index in [1.54, 1.807) is 11.8 Å². The summed E-state index contributed by atoms with van der Waals surface area (Å²) in [5.74, 6) is 0.136. The maximum absolute atomic E-state index is 14.1. The summed E-state index contributed by atoms with van der Waals surface area (Å²) in [5, 5.41) is 13.1. The number of hydrogen-bond donors (Lipinski definition) is 3. The van der Waals surface area contributed by atoms with Crippen molar-refractivity contribution in [2.45, 2.75) is 39.2 Å². The van der Waals surface area contributed by atoms with Crippen molar-refractivity contribution < 1.29 is 19.0 Å². The molecule has 1 atom stereocenters. The van der Waals surface area contributed by atoms with Crippen molar-refractivity contribution in [2.75, 3.05) is 25.5 Å². The van der Waals surface area contributed by atoms with Crippen LogP contribution in [0.3, 0.4) is 0 Å². The molecule has 11 heteroatoms. The molecule has 10 nitrogen and oxygen atoms in total. The van der Waals surface area contributed by atoms with Gasteiger partial charge in [-0.3, -0.25) is 9.59 Å². The highest BCUT2D eigenvalue weighted by atomic mass is 19.1. The number of nitrogens with one attached hydrogen (secondary N) is 2. The molecular weight excluding hydrogens is 455 g/mol. The van der Waals surface area contributed by atoms with Crippen LogP contribution >= 0.6 is 0 Å². The van der Waals surface area contributed by atoms with Crippen LogP contribution in [0, 0.1) is 12.7 Å². The molecule has 1 aliphatic heterocycles. The number of aromatic hydroxyl groups is 1.